The van der Waals surface area contributed by atoms with Gasteiger partial charge in [-0.1, -0.05) is 19.9 Å². The molecule has 31 heavy (non-hydrogen) atoms. The molecule has 1 aliphatic rings. The molecule has 1 fully saturated rings. The van der Waals surface area contributed by atoms with Gasteiger partial charge in [-0.2, -0.15) is 4.98 Å². The number of hydrogen-bond acceptors (Lipinski definition) is 8. The van der Waals surface area contributed by atoms with E-state index in [1.807, 2.05) is 58.2 Å². The van der Waals surface area contributed by atoms with Crippen LogP contribution in [0, 0.1) is 12.8 Å². The standard InChI is InChI=1S/C22H25N7O2/c1-13(2)19-11-31-22(30)29(19)21-26-12-25-20(28-21)27-15(4)18-6-5-17(10-24-18)16-7-8-23-14(3)9-16/h5-10,12-13,15,19H,11H2,1-4H3,(H,25,26,27,28)/t15-,19+/m0/s1. The number of carbonyl (C=O) groups is 1. The van der Waals surface area contributed by atoms with E-state index < -0.39 is 6.09 Å². The van der Waals surface area contributed by atoms with Gasteiger partial charge in [0.15, 0.2) is 0 Å². The molecule has 0 radical (unpaired) electrons. The normalized spacial score (nSPS) is 17.0. The fourth-order valence-electron chi connectivity index (χ4n) is 3.45. The fraction of sp³-hybridized carbons (Fsp3) is 0.364. The van der Waals surface area contributed by atoms with Gasteiger partial charge in [0.25, 0.3) is 0 Å². The van der Waals surface area contributed by atoms with Crippen molar-refractivity contribution in [2.24, 2.45) is 5.92 Å². The molecule has 0 aliphatic carbocycles. The Bertz CT molecular complexity index is 1070. The molecule has 3 aromatic rings. The van der Waals surface area contributed by atoms with Gasteiger partial charge in [-0.15, -0.1) is 0 Å². The van der Waals surface area contributed by atoms with Crippen molar-refractivity contribution in [1.29, 1.82) is 0 Å². The minimum absolute atomic E-state index is 0.105. The van der Waals surface area contributed by atoms with Crippen LogP contribution in [0.3, 0.4) is 0 Å². The lowest BCUT2D eigenvalue weighted by molar-refractivity contribution is 0.177. The van der Waals surface area contributed by atoms with Gasteiger partial charge in [0.05, 0.1) is 17.8 Å². The molecular formula is C22H25N7O2. The van der Waals surface area contributed by atoms with Crippen molar-refractivity contribution in [3.05, 3.63) is 54.4 Å². The van der Waals surface area contributed by atoms with Crippen LogP contribution in [0.15, 0.2) is 43.0 Å². The number of aromatic nitrogens is 5. The SMILES string of the molecule is Cc1cc(-c2ccc([C@H](C)Nc3ncnc(N4C(=O)OC[C@@H]4C(C)C)n3)nc2)ccn1. The summed E-state index contributed by atoms with van der Waals surface area (Å²) in [7, 11) is 0. The van der Waals surface area contributed by atoms with Crippen LogP contribution < -0.4 is 10.2 Å². The second-order valence-corrected chi connectivity index (χ2v) is 7.89. The smallest absolute Gasteiger partial charge is 0.417 e. The third-order valence-electron chi connectivity index (χ3n) is 5.26. The minimum atomic E-state index is -0.437. The lowest BCUT2D eigenvalue weighted by Gasteiger charge is -2.22. The van der Waals surface area contributed by atoms with E-state index in [0.29, 0.717) is 12.6 Å². The second-order valence-electron chi connectivity index (χ2n) is 7.89. The molecule has 0 bridgehead atoms. The Labute approximate surface area is 181 Å². The van der Waals surface area contributed by atoms with Crippen LogP contribution in [0.1, 0.15) is 38.2 Å². The van der Waals surface area contributed by atoms with E-state index in [1.165, 1.54) is 11.2 Å². The third-order valence-corrected chi connectivity index (χ3v) is 5.26. The summed E-state index contributed by atoms with van der Waals surface area (Å²) in [6.45, 7) is 8.33. The molecule has 0 aromatic carbocycles. The molecule has 1 saturated heterocycles. The first-order valence-electron chi connectivity index (χ1n) is 10.2. The van der Waals surface area contributed by atoms with Crippen LogP contribution in [0.5, 0.6) is 0 Å². The van der Waals surface area contributed by atoms with E-state index in [2.05, 4.69) is 30.2 Å². The summed E-state index contributed by atoms with van der Waals surface area (Å²) in [4.78, 5) is 35.3. The minimum Gasteiger partial charge on any atom is -0.447 e. The number of pyridine rings is 2. The zero-order valence-corrected chi connectivity index (χ0v) is 18.0. The number of cyclic esters (lactones) is 1. The largest absolute Gasteiger partial charge is 0.447 e. The van der Waals surface area contributed by atoms with E-state index in [9.17, 15) is 4.79 Å². The van der Waals surface area contributed by atoms with Gasteiger partial charge < -0.3 is 10.1 Å². The Morgan fingerprint density at radius 1 is 1.10 bits per heavy atom. The van der Waals surface area contributed by atoms with Gasteiger partial charge in [0, 0.05) is 23.7 Å². The number of rotatable bonds is 6. The van der Waals surface area contributed by atoms with Crippen molar-refractivity contribution >= 4 is 18.0 Å². The van der Waals surface area contributed by atoms with Crippen molar-refractivity contribution in [1.82, 2.24) is 24.9 Å². The first kappa shape index (κ1) is 20.6. The zero-order chi connectivity index (χ0) is 22.0. The van der Waals surface area contributed by atoms with Crippen LogP contribution in [0.25, 0.3) is 11.1 Å². The van der Waals surface area contributed by atoms with Crippen LogP contribution in [-0.2, 0) is 4.74 Å². The fourth-order valence-corrected chi connectivity index (χ4v) is 3.45. The average Bonchev–Trinajstić information content (AvgIpc) is 3.16. The lowest BCUT2D eigenvalue weighted by atomic mass is 10.1. The van der Waals surface area contributed by atoms with Crippen LogP contribution in [0.4, 0.5) is 16.7 Å². The second kappa shape index (κ2) is 8.63. The summed E-state index contributed by atoms with van der Waals surface area (Å²) in [5, 5.41) is 3.24. The highest BCUT2D eigenvalue weighted by Gasteiger charge is 2.38. The van der Waals surface area contributed by atoms with E-state index >= 15 is 0 Å². The van der Waals surface area contributed by atoms with Crippen molar-refractivity contribution in [2.45, 2.75) is 39.8 Å². The van der Waals surface area contributed by atoms with Gasteiger partial charge in [-0.3, -0.25) is 9.97 Å². The number of hydrogen-bond donors (Lipinski definition) is 1. The maximum absolute atomic E-state index is 12.2. The molecule has 2 atom stereocenters. The van der Waals surface area contributed by atoms with Crippen LogP contribution in [0.2, 0.25) is 0 Å². The predicted molar refractivity (Wildman–Crippen MR) is 117 cm³/mol. The van der Waals surface area contributed by atoms with Crippen molar-refractivity contribution in [3.8, 4) is 11.1 Å². The quantitative estimate of drug-likeness (QED) is 0.643. The molecule has 9 nitrogen and oxygen atoms in total. The number of amides is 1. The van der Waals surface area contributed by atoms with Gasteiger partial charge in [0.2, 0.25) is 11.9 Å². The van der Waals surface area contributed by atoms with Crippen LogP contribution in [-0.4, -0.2) is 43.7 Å². The Morgan fingerprint density at radius 3 is 2.65 bits per heavy atom. The number of aryl methyl sites for hydroxylation is 1. The van der Waals surface area contributed by atoms with Gasteiger partial charge in [-0.05, 0) is 43.5 Å². The van der Waals surface area contributed by atoms with Gasteiger partial charge >= 0.3 is 6.09 Å². The highest BCUT2D eigenvalue weighted by Crippen LogP contribution is 2.25. The molecule has 3 aromatic heterocycles. The van der Waals surface area contributed by atoms with Crippen LogP contribution >= 0.6 is 0 Å². The molecule has 0 spiro atoms. The summed E-state index contributed by atoms with van der Waals surface area (Å²) in [6, 6.07) is 7.74. The van der Waals surface area contributed by atoms with Crippen molar-refractivity contribution in [2.75, 3.05) is 16.8 Å². The maximum atomic E-state index is 12.2. The summed E-state index contributed by atoms with van der Waals surface area (Å²) >= 11 is 0. The molecule has 0 unspecified atom stereocenters. The van der Waals surface area contributed by atoms with E-state index in [-0.39, 0.29) is 23.9 Å². The van der Waals surface area contributed by atoms with E-state index in [0.717, 1.165) is 22.5 Å². The molecule has 9 heteroatoms. The van der Waals surface area contributed by atoms with Crippen molar-refractivity contribution in [3.63, 3.8) is 0 Å². The first-order chi connectivity index (χ1) is 14.9. The molecule has 1 amide bonds. The van der Waals surface area contributed by atoms with E-state index in [1.54, 1.807) is 6.20 Å². The Hall–Kier alpha value is -3.62. The number of carbonyl (C=O) groups excluding carboxylic acids is 1. The number of ether oxygens (including phenoxy) is 1. The molecular weight excluding hydrogens is 394 g/mol. The predicted octanol–water partition coefficient (Wildman–Crippen LogP) is 3.79. The molecule has 4 rings (SSSR count). The maximum Gasteiger partial charge on any atom is 0.417 e. The van der Waals surface area contributed by atoms with E-state index in [4.69, 9.17) is 4.74 Å². The number of anilines is 2. The Balaban J connectivity index is 1.49. The summed E-state index contributed by atoms with van der Waals surface area (Å²) in [6.07, 6.45) is 4.59. The highest BCUT2D eigenvalue weighted by atomic mass is 16.6. The Morgan fingerprint density at radius 2 is 1.94 bits per heavy atom. The monoisotopic (exact) mass is 419 g/mol. The lowest BCUT2D eigenvalue weighted by Crippen LogP contribution is -2.38. The summed E-state index contributed by atoms with van der Waals surface area (Å²) < 4.78 is 5.19. The first-order valence-corrected chi connectivity index (χ1v) is 10.2. The molecule has 160 valence electrons. The number of nitrogens with zero attached hydrogens (tertiary/aromatic N) is 6. The molecule has 1 aliphatic heterocycles. The third kappa shape index (κ3) is 4.45. The van der Waals surface area contributed by atoms with Gasteiger partial charge in [0.1, 0.15) is 12.9 Å². The summed E-state index contributed by atoms with van der Waals surface area (Å²) in [5.41, 5.74) is 3.91. The highest BCUT2D eigenvalue weighted by molar-refractivity contribution is 5.88. The van der Waals surface area contributed by atoms with Crippen molar-refractivity contribution < 1.29 is 9.53 Å². The topological polar surface area (TPSA) is 106 Å². The molecule has 1 N–H and O–H groups in total. The Kier molecular flexibility index (Phi) is 5.75. The zero-order valence-electron chi connectivity index (χ0n) is 18.0. The number of nitrogens with one attached hydrogen (secondary N) is 1. The molecule has 0 saturated carbocycles. The average molecular weight is 419 g/mol. The molecule has 4 heterocycles. The summed E-state index contributed by atoms with van der Waals surface area (Å²) in [5.74, 6) is 0.864. The van der Waals surface area contributed by atoms with Gasteiger partial charge in [-0.25, -0.2) is 19.7 Å².